The Morgan fingerprint density at radius 3 is 2.40 bits per heavy atom. The minimum absolute atomic E-state index is 0.0812. The molecule has 0 heterocycles. The first kappa shape index (κ1) is 12.5. The quantitative estimate of drug-likeness (QED) is 0.669. The summed E-state index contributed by atoms with van der Waals surface area (Å²) >= 11 is 0. The van der Waals surface area contributed by atoms with Crippen molar-refractivity contribution in [2.24, 2.45) is 23.7 Å². The van der Waals surface area contributed by atoms with Gasteiger partial charge in [-0.05, 0) is 43.4 Å². The fraction of sp³-hybridized carbons (Fsp3) is 0.923. The molecule has 0 N–H and O–H groups in total. The topological polar surface area (TPSA) is 26.3 Å². The van der Waals surface area contributed by atoms with Crippen LogP contribution in [0.25, 0.3) is 0 Å². The Balaban J connectivity index is 2.64. The van der Waals surface area contributed by atoms with E-state index in [-0.39, 0.29) is 6.10 Å². The van der Waals surface area contributed by atoms with Crippen LogP contribution in [0.4, 0.5) is 0 Å². The van der Waals surface area contributed by atoms with Gasteiger partial charge >= 0.3 is 0 Å². The van der Waals surface area contributed by atoms with Crippen LogP contribution in [-0.2, 0) is 9.53 Å². The average molecular weight is 212 g/mol. The minimum Gasteiger partial charge on any atom is -0.465 e. The maximum atomic E-state index is 10.4. The summed E-state index contributed by atoms with van der Waals surface area (Å²) in [7, 11) is 0. The van der Waals surface area contributed by atoms with E-state index in [9.17, 15) is 4.79 Å². The Bertz CT molecular complexity index is 201. The SMILES string of the molecule is CC1CCC(C(C)C)C(C(C)OC=O)C1. The van der Waals surface area contributed by atoms with Crippen LogP contribution in [0.3, 0.4) is 0 Å². The van der Waals surface area contributed by atoms with E-state index in [1.54, 1.807) is 0 Å². The molecule has 0 amide bonds. The number of carbonyl (C=O) groups is 1. The van der Waals surface area contributed by atoms with Gasteiger partial charge in [-0.15, -0.1) is 0 Å². The summed E-state index contributed by atoms with van der Waals surface area (Å²) in [6.45, 7) is 9.49. The van der Waals surface area contributed by atoms with Crippen LogP contribution >= 0.6 is 0 Å². The van der Waals surface area contributed by atoms with Gasteiger partial charge < -0.3 is 4.74 Å². The van der Waals surface area contributed by atoms with Gasteiger partial charge in [-0.25, -0.2) is 0 Å². The summed E-state index contributed by atoms with van der Waals surface area (Å²) in [6, 6.07) is 0. The van der Waals surface area contributed by atoms with Crippen LogP contribution in [0.5, 0.6) is 0 Å². The fourth-order valence-corrected chi connectivity index (χ4v) is 3.00. The second-order valence-corrected chi connectivity index (χ2v) is 5.43. The largest absolute Gasteiger partial charge is 0.465 e. The molecular formula is C13H24O2. The van der Waals surface area contributed by atoms with E-state index in [4.69, 9.17) is 4.74 Å². The molecule has 0 aromatic carbocycles. The van der Waals surface area contributed by atoms with E-state index in [1.807, 2.05) is 6.92 Å². The highest BCUT2D eigenvalue weighted by molar-refractivity contribution is 5.37. The van der Waals surface area contributed by atoms with Crippen molar-refractivity contribution < 1.29 is 9.53 Å². The number of carbonyl (C=O) groups excluding carboxylic acids is 1. The highest BCUT2D eigenvalue weighted by Crippen LogP contribution is 2.40. The molecule has 1 rings (SSSR count). The maximum absolute atomic E-state index is 10.4. The molecule has 1 aliphatic rings. The molecule has 1 aliphatic carbocycles. The Morgan fingerprint density at radius 2 is 1.87 bits per heavy atom. The second kappa shape index (κ2) is 5.53. The summed E-state index contributed by atoms with van der Waals surface area (Å²) in [5.41, 5.74) is 0. The fourth-order valence-electron chi connectivity index (χ4n) is 3.00. The van der Waals surface area contributed by atoms with Gasteiger partial charge in [0.1, 0.15) is 6.10 Å². The van der Waals surface area contributed by atoms with Crippen molar-refractivity contribution in [2.45, 2.75) is 53.1 Å². The van der Waals surface area contributed by atoms with Crippen LogP contribution in [-0.4, -0.2) is 12.6 Å². The summed E-state index contributed by atoms with van der Waals surface area (Å²) in [5, 5.41) is 0. The summed E-state index contributed by atoms with van der Waals surface area (Å²) < 4.78 is 5.13. The van der Waals surface area contributed by atoms with Gasteiger partial charge in [-0.1, -0.05) is 27.2 Å². The lowest BCUT2D eigenvalue weighted by Crippen LogP contribution is -2.35. The van der Waals surface area contributed by atoms with Crippen molar-refractivity contribution in [3.8, 4) is 0 Å². The van der Waals surface area contributed by atoms with E-state index in [1.165, 1.54) is 19.3 Å². The van der Waals surface area contributed by atoms with Crippen LogP contribution in [0, 0.1) is 23.7 Å². The molecule has 2 nitrogen and oxygen atoms in total. The van der Waals surface area contributed by atoms with Crippen molar-refractivity contribution in [3.63, 3.8) is 0 Å². The minimum atomic E-state index is 0.0812. The second-order valence-electron chi connectivity index (χ2n) is 5.43. The lowest BCUT2D eigenvalue weighted by molar-refractivity contribution is -0.137. The van der Waals surface area contributed by atoms with Crippen molar-refractivity contribution in [3.05, 3.63) is 0 Å². The van der Waals surface area contributed by atoms with Crippen LogP contribution in [0.15, 0.2) is 0 Å². The lowest BCUT2D eigenvalue weighted by atomic mass is 9.68. The van der Waals surface area contributed by atoms with E-state index < -0.39 is 0 Å². The zero-order valence-corrected chi connectivity index (χ0v) is 10.4. The monoisotopic (exact) mass is 212 g/mol. The molecule has 4 unspecified atom stereocenters. The highest BCUT2D eigenvalue weighted by Gasteiger charge is 2.34. The van der Waals surface area contributed by atoms with Crippen LogP contribution in [0.1, 0.15) is 47.0 Å². The molecule has 1 fully saturated rings. The van der Waals surface area contributed by atoms with Crippen LogP contribution in [0.2, 0.25) is 0 Å². The Hall–Kier alpha value is -0.530. The first-order valence-corrected chi connectivity index (χ1v) is 6.15. The predicted molar refractivity (Wildman–Crippen MR) is 61.4 cm³/mol. The molecule has 88 valence electrons. The average Bonchev–Trinajstić information content (AvgIpc) is 2.17. The molecule has 0 bridgehead atoms. The van der Waals surface area contributed by atoms with Gasteiger partial charge in [0.15, 0.2) is 0 Å². The molecule has 0 aromatic heterocycles. The molecule has 4 atom stereocenters. The zero-order chi connectivity index (χ0) is 11.4. The van der Waals surface area contributed by atoms with E-state index in [0.29, 0.717) is 18.3 Å². The van der Waals surface area contributed by atoms with Crippen molar-refractivity contribution >= 4 is 6.47 Å². The first-order chi connectivity index (χ1) is 7.06. The number of hydrogen-bond donors (Lipinski definition) is 0. The Morgan fingerprint density at radius 1 is 1.20 bits per heavy atom. The maximum Gasteiger partial charge on any atom is 0.293 e. The summed E-state index contributed by atoms with van der Waals surface area (Å²) in [5.74, 6) is 2.75. The van der Waals surface area contributed by atoms with Gasteiger partial charge in [0.05, 0.1) is 0 Å². The third-order valence-corrected chi connectivity index (χ3v) is 3.95. The number of ether oxygens (including phenoxy) is 1. The summed E-state index contributed by atoms with van der Waals surface area (Å²) in [4.78, 5) is 10.4. The molecule has 0 aromatic rings. The molecule has 15 heavy (non-hydrogen) atoms. The molecule has 0 spiro atoms. The van der Waals surface area contributed by atoms with Gasteiger partial charge in [0.25, 0.3) is 6.47 Å². The molecule has 0 saturated heterocycles. The lowest BCUT2D eigenvalue weighted by Gasteiger charge is -2.39. The van der Waals surface area contributed by atoms with E-state index in [0.717, 1.165) is 11.8 Å². The van der Waals surface area contributed by atoms with Gasteiger partial charge in [0, 0.05) is 0 Å². The number of rotatable bonds is 4. The third-order valence-electron chi connectivity index (χ3n) is 3.95. The Labute approximate surface area is 93.4 Å². The van der Waals surface area contributed by atoms with Gasteiger partial charge in [-0.3, -0.25) is 4.79 Å². The first-order valence-electron chi connectivity index (χ1n) is 6.15. The smallest absolute Gasteiger partial charge is 0.293 e. The van der Waals surface area contributed by atoms with Crippen molar-refractivity contribution in [1.82, 2.24) is 0 Å². The van der Waals surface area contributed by atoms with Gasteiger partial charge in [0.2, 0.25) is 0 Å². The zero-order valence-electron chi connectivity index (χ0n) is 10.4. The van der Waals surface area contributed by atoms with E-state index >= 15 is 0 Å². The number of hydrogen-bond acceptors (Lipinski definition) is 2. The molecule has 0 aliphatic heterocycles. The normalized spacial score (nSPS) is 33.8. The molecule has 1 saturated carbocycles. The molecule has 0 radical (unpaired) electrons. The van der Waals surface area contributed by atoms with Gasteiger partial charge in [-0.2, -0.15) is 0 Å². The van der Waals surface area contributed by atoms with Crippen molar-refractivity contribution in [2.75, 3.05) is 0 Å². The standard InChI is InChI=1S/C13H24O2/c1-9(2)12-6-5-10(3)7-13(12)11(4)15-8-14/h8-13H,5-7H2,1-4H3. The third kappa shape index (κ3) is 3.22. The van der Waals surface area contributed by atoms with Crippen molar-refractivity contribution in [1.29, 1.82) is 0 Å². The summed E-state index contributed by atoms with van der Waals surface area (Å²) in [6.07, 6.45) is 3.90. The van der Waals surface area contributed by atoms with Crippen LogP contribution < -0.4 is 0 Å². The molecular weight excluding hydrogens is 188 g/mol. The van der Waals surface area contributed by atoms with E-state index in [2.05, 4.69) is 20.8 Å². The molecule has 2 heteroatoms. The highest BCUT2D eigenvalue weighted by atomic mass is 16.5. The Kier molecular flexibility index (Phi) is 4.62. The predicted octanol–water partition coefficient (Wildman–Crippen LogP) is 3.26.